The lowest BCUT2D eigenvalue weighted by atomic mass is 10.3. The number of anilines is 1. The molecule has 0 amide bonds. The lowest BCUT2D eigenvalue weighted by Crippen LogP contribution is -2.44. The summed E-state index contributed by atoms with van der Waals surface area (Å²) in [6, 6.07) is 1.81. The number of hydrogen-bond donors (Lipinski definition) is 0. The summed E-state index contributed by atoms with van der Waals surface area (Å²) >= 11 is 5.80. The van der Waals surface area contributed by atoms with Crippen molar-refractivity contribution in [2.75, 3.05) is 38.1 Å². The van der Waals surface area contributed by atoms with Gasteiger partial charge < -0.3 is 9.80 Å². The van der Waals surface area contributed by atoms with Crippen LogP contribution in [0.1, 0.15) is 0 Å². The molecule has 1 aliphatic heterocycles. The van der Waals surface area contributed by atoms with Crippen molar-refractivity contribution >= 4 is 17.4 Å². The Labute approximate surface area is 88.5 Å². The molecule has 1 fully saturated rings. The highest BCUT2D eigenvalue weighted by molar-refractivity contribution is 6.29. The van der Waals surface area contributed by atoms with Gasteiger partial charge >= 0.3 is 0 Å². The van der Waals surface area contributed by atoms with Crippen molar-refractivity contribution in [3.63, 3.8) is 0 Å². The molecule has 5 heteroatoms. The van der Waals surface area contributed by atoms with Crippen molar-refractivity contribution in [3.8, 4) is 0 Å². The van der Waals surface area contributed by atoms with E-state index in [9.17, 15) is 0 Å². The van der Waals surface area contributed by atoms with Gasteiger partial charge in [0, 0.05) is 32.2 Å². The highest BCUT2D eigenvalue weighted by Crippen LogP contribution is 2.15. The number of likely N-dealkylation sites (N-methyl/N-ethyl adjacent to an activating group) is 1. The molecule has 0 saturated carbocycles. The van der Waals surface area contributed by atoms with E-state index in [2.05, 4.69) is 26.8 Å². The van der Waals surface area contributed by atoms with Crippen molar-refractivity contribution in [3.05, 3.63) is 17.5 Å². The maximum atomic E-state index is 5.80. The number of aromatic nitrogens is 2. The summed E-state index contributed by atoms with van der Waals surface area (Å²) in [6.07, 6.45) is 1.51. The first-order valence-corrected chi connectivity index (χ1v) is 5.04. The van der Waals surface area contributed by atoms with Gasteiger partial charge in [-0.1, -0.05) is 11.6 Å². The summed E-state index contributed by atoms with van der Waals surface area (Å²) in [5.41, 5.74) is 0. The van der Waals surface area contributed by atoms with Gasteiger partial charge in [0.05, 0.1) is 0 Å². The van der Waals surface area contributed by atoms with Crippen LogP contribution in [0.15, 0.2) is 12.4 Å². The number of piperazine rings is 1. The smallest absolute Gasteiger partial charge is 0.134 e. The molecule has 0 aliphatic carbocycles. The quantitative estimate of drug-likeness (QED) is 0.647. The van der Waals surface area contributed by atoms with Crippen LogP contribution in [-0.2, 0) is 0 Å². The maximum Gasteiger partial charge on any atom is 0.134 e. The molecule has 0 aromatic carbocycles. The molecule has 2 rings (SSSR count). The maximum absolute atomic E-state index is 5.80. The molecule has 1 aromatic heterocycles. The number of nitrogens with zero attached hydrogens (tertiary/aromatic N) is 4. The fraction of sp³-hybridized carbons (Fsp3) is 0.556. The van der Waals surface area contributed by atoms with Gasteiger partial charge in [-0.3, -0.25) is 0 Å². The molecule has 2 heterocycles. The first-order chi connectivity index (χ1) is 6.75. The Hall–Kier alpha value is -0.870. The first-order valence-electron chi connectivity index (χ1n) is 4.67. The molecular weight excluding hydrogens is 200 g/mol. The monoisotopic (exact) mass is 212 g/mol. The van der Waals surface area contributed by atoms with Crippen LogP contribution in [0.2, 0.25) is 5.15 Å². The summed E-state index contributed by atoms with van der Waals surface area (Å²) in [6.45, 7) is 4.15. The third-order valence-electron chi connectivity index (χ3n) is 2.45. The Balaban J connectivity index is 2.08. The number of rotatable bonds is 1. The van der Waals surface area contributed by atoms with Gasteiger partial charge in [0.2, 0.25) is 0 Å². The molecule has 1 saturated heterocycles. The number of halogens is 1. The number of hydrogen-bond acceptors (Lipinski definition) is 4. The molecule has 0 unspecified atom stereocenters. The average Bonchev–Trinajstić information content (AvgIpc) is 2.19. The Bertz CT molecular complexity index is 309. The van der Waals surface area contributed by atoms with Crippen LogP contribution in [0, 0.1) is 0 Å². The van der Waals surface area contributed by atoms with E-state index >= 15 is 0 Å². The van der Waals surface area contributed by atoms with E-state index in [-0.39, 0.29) is 0 Å². The molecule has 1 aromatic rings. The highest BCUT2D eigenvalue weighted by atomic mass is 35.5. The molecule has 1 aliphatic rings. The van der Waals surface area contributed by atoms with Crippen LogP contribution in [0.4, 0.5) is 5.82 Å². The lowest BCUT2D eigenvalue weighted by molar-refractivity contribution is 0.312. The van der Waals surface area contributed by atoms with E-state index in [0.717, 1.165) is 32.0 Å². The van der Waals surface area contributed by atoms with Crippen molar-refractivity contribution < 1.29 is 0 Å². The summed E-state index contributed by atoms with van der Waals surface area (Å²) in [5, 5.41) is 0.508. The van der Waals surface area contributed by atoms with E-state index in [0.29, 0.717) is 5.15 Å². The first kappa shape index (κ1) is 9.68. The topological polar surface area (TPSA) is 32.3 Å². The Morgan fingerprint density at radius 1 is 1.21 bits per heavy atom. The molecule has 4 nitrogen and oxygen atoms in total. The second-order valence-corrected chi connectivity index (χ2v) is 3.88. The predicted octanol–water partition coefficient (Wildman–Crippen LogP) is 0.882. The summed E-state index contributed by atoms with van der Waals surface area (Å²) in [5.74, 6) is 0.929. The van der Waals surface area contributed by atoms with Gasteiger partial charge in [0.15, 0.2) is 0 Å². The zero-order valence-corrected chi connectivity index (χ0v) is 8.91. The van der Waals surface area contributed by atoms with E-state index in [4.69, 9.17) is 11.6 Å². The third-order valence-corrected chi connectivity index (χ3v) is 2.65. The van der Waals surface area contributed by atoms with Crippen LogP contribution < -0.4 is 4.90 Å². The van der Waals surface area contributed by atoms with Crippen LogP contribution in [0.3, 0.4) is 0 Å². The van der Waals surface area contributed by atoms with Crippen LogP contribution in [-0.4, -0.2) is 48.1 Å². The molecule has 0 spiro atoms. The van der Waals surface area contributed by atoms with Gasteiger partial charge in [0.25, 0.3) is 0 Å². The van der Waals surface area contributed by atoms with Gasteiger partial charge in [-0.05, 0) is 7.05 Å². The van der Waals surface area contributed by atoms with Crippen LogP contribution in [0.25, 0.3) is 0 Å². The molecule has 76 valence electrons. The van der Waals surface area contributed by atoms with E-state index in [1.165, 1.54) is 6.33 Å². The Morgan fingerprint density at radius 2 is 1.93 bits per heavy atom. The fourth-order valence-electron chi connectivity index (χ4n) is 1.53. The highest BCUT2D eigenvalue weighted by Gasteiger charge is 2.15. The standard InChI is InChI=1S/C9H13ClN4/c1-13-2-4-14(5-3-13)9-6-8(10)11-7-12-9/h6-7H,2-5H2,1H3. The summed E-state index contributed by atoms with van der Waals surface area (Å²) in [4.78, 5) is 12.6. The van der Waals surface area contributed by atoms with Crippen molar-refractivity contribution in [1.82, 2.24) is 14.9 Å². The minimum absolute atomic E-state index is 0.508. The molecule has 0 atom stereocenters. The normalized spacial score (nSPS) is 18.6. The third kappa shape index (κ3) is 2.13. The summed E-state index contributed by atoms with van der Waals surface area (Å²) < 4.78 is 0. The van der Waals surface area contributed by atoms with E-state index in [1.54, 1.807) is 0 Å². The van der Waals surface area contributed by atoms with Gasteiger partial charge in [-0.2, -0.15) is 0 Å². The molecule has 14 heavy (non-hydrogen) atoms. The molecular formula is C9H13ClN4. The van der Waals surface area contributed by atoms with Gasteiger partial charge in [0.1, 0.15) is 17.3 Å². The Morgan fingerprint density at radius 3 is 2.57 bits per heavy atom. The molecule has 0 bridgehead atoms. The average molecular weight is 213 g/mol. The second kappa shape index (κ2) is 4.11. The van der Waals surface area contributed by atoms with Crippen LogP contribution >= 0.6 is 11.6 Å². The summed E-state index contributed by atoms with van der Waals surface area (Å²) in [7, 11) is 2.13. The van der Waals surface area contributed by atoms with Gasteiger partial charge in [-0.25, -0.2) is 9.97 Å². The minimum Gasteiger partial charge on any atom is -0.354 e. The van der Waals surface area contributed by atoms with E-state index in [1.807, 2.05) is 6.07 Å². The zero-order chi connectivity index (χ0) is 9.97. The SMILES string of the molecule is CN1CCN(c2cc(Cl)ncn2)CC1. The fourth-order valence-corrected chi connectivity index (χ4v) is 1.67. The Kier molecular flexibility index (Phi) is 2.84. The largest absolute Gasteiger partial charge is 0.354 e. The molecule has 0 radical (unpaired) electrons. The zero-order valence-electron chi connectivity index (χ0n) is 8.15. The predicted molar refractivity (Wildman–Crippen MR) is 56.8 cm³/mol. The lowest BCUT2D eigenvalue weighted by Gasteiger charge is -2.33. The van der Waals surface area contributed by atoms with Crippen molar-refractivity contribution in [2.24, 2.45) is 0 Å². The minimum atomic E-state index is 0.508. The molecule has 0 N–H and O–H groups in total. The van der Waals surface area contributed by atoms with Crippen molar-refractivity contribution in [1.29, 1.82) is 0 Å². The van der Waals surface area contributed by atoms with Crippen LogP contribution in [0.5, 0.6) is 0 Å². The van der Waals surface area contributed by atoms with Gasteiger partial charge in [-0.15, -0.1) is 0 Å². The second-order valence-electron chi connectivity index (χ2n) is 3.49. The van der Waals surface area contributed by atoms with Crippen molar-refractivity contribution in [2.45, 2.75) is 0 Å². The van der Waals surface area contributed by atoms with E-state index < -0.39 is 0 Å².